The Kier molecular flexibility index (Phi) is 3.79. The number of nitrogens with zero attached hydrogens (tertiary/aromatic N) is 1. The van der Waals surface area contributed by atoms with E-state index in [9.17, 15) is 4.39 Å². The predicted octanol–water partition coefficient (Wildman–Crippen LogP) is 3.05. The third-order valence-electron chi connectivity index (χ3n) is 4.50. The fourth-order valence-corrected chi connectivity index (χ4v) is 3.65. The minimum Gasteiger partial charge on any atom is -0.316 e. The molecule has 0 radical (unpaired) electrons. The highest BCUT2D eigenvalue weighted by atomic mass is 35.5. The van der Waals surface area contributed by atoms with Crippen LogP contribution in [0.4, 0.5) is 4.39 Å². The van der Waals surface area contributed by atoms with E-state index in [1.165, 1.54) is 19.3 Å². The maximum Gasteiger partial charge on any atom is 0.146 e. The lowest BCUT2D eigenvalue weighted by atomic mass is 9.80. The molecule has 0 unspecified atom stereocenters. The highest BCUT2D eigenvalue weighted by Crippen LogP contribution is 2.37. The zero-order valence-corrected chi connectivity index (χ0v) is 11.8. The van der Waals surface area contributed by atoms with Crippen LogP contribution in [0.5, 0.6) is 0 Å². The van der Waals surface area contributed by atoms with Gasteiger partial charge in [0.2, 0.25) is 0 Å². The van der Waals surface area contributed by atoms with Gasteiger partial charge in [0.1, 0.15) is 5.82 Å². The van der Waals surface area contributed by atoms with Crippen molar-refractivity contribution in [2.45, 2.75) is 25.8 Å². The summed E-state index contributed by atoms with van der Waals surface area (Å²) in [4.78, 5) is 2.36. The summed E-state index contributed by atoms with van der Waals surface area (Å²) >= 11 is 5.84. The molecule has 1 aromatic rings. The van der Waals surface area contributed by atoms with E-state index < -0.39 is 0 Å². The minimum absolute atomic E-state index is 0.228. The SMILES string of the molecule is Fc1c(Cl)cccc1CN1CC[C@]2(CCCNC2)C1. The Bertz CT molecular complexity index is 457. The summed E-state index contributed by atoms with van der Waals surface area (Å²) in [5.41, 5.74) is 1.14. The third kappa shape index (κ3) is 2.78. The highest BCUT2D eigenvalue weighted by molar-refractivity contribution is 6.30. The van der Waals surface area contributed by atoms with E-state index in [1.54, 1.807) is 6.07 Å². The van der Waals surface area contributed by atoms with Gasteiger partial charge in [0.15, 0.2) is 0 Å². The summed E-state index contributed by atoms with van der Waals surface area (Å²) < 4.78 is 13.9. The van der Waals surface area contributed by atoms with Crippen LogP contribution in [0.1, 0.15) is 24.8 Å². The molecule has 2 fully saturated rings. The standard InChI is InChI=1S/C15H20ClFN2/c16-13-4-1-3-12(14(13)17)9-19-8-6-15(11-19)5-2-7-18-10-15/h1,3-4,18H,2,5-11H2/t15-/m0/s1. The summed E-state index contributed by atoms with van der Waals surface area (Å²) in [6.07, 6.45) is 3.79. The van der Waals surface area contributed by atoms with Crippen LogP contribution in [-0.4, -0.2) is 31.1 Å². The van der Waals surface area contributed by atoms with Crippen molar-refractivity contribution >= 4 is 11.6 Å². The average Bonchev–Trinajstić information content (AvgIpc) is 2.79. The Hall–Kier alpha value is -0.640. The predicted molar refractivity (Wildman–Crippen MR) is 75.8 cm³/mol. The first-order chi connectivity index (χ1) is 9.19. The van der Waals surface area contributed by atoms with Crippen molar-refractivity contribution in [3.63, 3.8) is 0 Å². The van der Waals surface area contributed by atoms with E-state index in [2.05, 4.69) is 10.2 Å². The molecule has 1 atom stereocenters. The molecule has 2 nitrogen and oxygen atoms in total. The van der Waals surface area contributed by atoms with Crippen LogP contribution < -0.4 is 5.32 Å². The molecule has 2 aliphatic heterocycles. The maximum absolute atomic E-state index is 13.9. The van der Waals surface area contributed by atoms with Gasteiger partial charge >= 0.3 is 0 Å². The number of piperidine rings is 1. The Morgan fingerprint density at radius 1 is 1.37 bits per heavy atom. The fourth-order valence-electron chi connectivity index (χ4n) is 3.45. The van der Waals surface area contributed by atoms with Crippen molar-refractivity contribution in [2.24, 2.45) is 5.41 Å². The number of halogens is 2. The van der Waals surface area contributed by atoms with Crippen molar-refractivity contribution in [3.05, 3.63) is 34.6 Å². The lowest BCUT2D eigenvalue weighted by molar-refractivity contribution is 0.199. The number of likely N-dealkylation sites (tertiary alicyclic amines) is 1. The van der Waals surface area contributed by atoms with E-state index >= 15 is 0 Å². The fraction of sp³-hybridized carbons (Fsp3) is 0.600. The number of rotatable bonds is 2. The first-order valence-corrected chi connectivity index (χ1v) is 7.42. The van der Waals surface area contributed by atoms with Crippen molar-refractivity contribution in [1.29, 1.82) is 0 Å². The summed E-state index contributed by atoms with van der Waals surface area (Å²) in [6.45, 7) is 5.07. The number of nitrogens with one attached hydrogen (secondary N) is 1. The molecule has 0 aromatic heterocycles. The summed E-state index contributed by atoms with van der Waals surface area (Å²) in [7, 11) is 0. The molecule has 2 heterocycles. The van der Waals surface area contributed by atoms with Crippen LogP contribution in [0, 0.1) is 11.2 Å². The molecule has 19 heavy (non-hydrogen) atoms. The second kappa shape index (κ2) is 5.39. The van der Waals surface area contributed by atoms with Crippen molar-refractivity contribution in [1.82, 2.24) is 10.2 Å². The van der Waals surface area contributed by atoms with Gasteiger partial charge in [-0.15, -0.1) is 0 Å². The van der Waals surface area contributed by atoms with Crippen molar-refractivity contribution < 1.29 is 4.39 Å². The van der Waals surface area contributed by atoms with E-state index in [-0.39, 0.29) is 10.8 Å². The van der Waals surface area contributed by atoms with Crippen LogP contribution in [0.15, 0.2) is 18.2 Å². The van der Waals surface area contributed by atoms with Crippen LogP contribution in [0.3, 0.4) is 0 Å². The largest absolute Gasteiger partial charge is 0.316 e. The average molecular weight is 283 g/mol. The first-order valence-electron chi connectivity index (χ1n) is 7.05. The smallest absolute Gasteiger partial charge is 0.146 e. The van der Waals surface area contributed by atoms with Crippen LogP contribution in [0.2, 0.25) is 5.02 Å². The van der Waals surface area contributed by atoms with Gasteiger partial charge in [0.25, 0.3) is 0 Å². The van der Waals surface area contributed by atoms with Gasteiger partial charge in [-0.1, -0.05) is 23.7 Å². The molecular formula is C15H20ClFN2. The van der Waals surface area contributed by atoms with Gasteiger partial charge in [0, 0.05) is 25.2 Å². The summed E-state index contributed by atoms with van der Waals surface area (Å²) in [6, 6.07) is 5.27. The van der Waals surface area contributed by atoms with Crippen molar-refractivity contribution in [2.75, 3.05) is 26.2 Å². The monoisotopic (exact) mass is 282 g/mol. The molecule has 2 saturated heterocycles. The third-order valence-corrected chi connectivity index (χ3v) is 4.80. The molecule has 1 N–H and O–H groups in total. The second-order valence-electron chi connectivity index (χ2n) is 5.95. The quantitative estimate of drug-likeness (QED) is 0.897. The van der Waals surface area contributed by atoms with E-state index in [4.69, 9.17) is 11.6 Å². The van der Waals surface area contributed by atoms with Gasteiger partial charge in [-0.05, 0) is 43.8 Å². The highest BCUT2D eigenvalue weighted by Gasteiger charge is 2.38. The van der Waals surface area contributed by atoms with Crippen LogP contribution >= 0.6 is 11.6 Å². The van der Waals surface area contributed by atoms with Crippen LogP contribution in [-0.2, 0) is 6.54 Å². The molecule has 1 spiro atoms. The van der Waals surface area contributed by atoms with Gasteiger partial charge in [0.05, 0.1) is 5.02 Å². The number of benzene rings is 1. The van der Waals surface area contributed by atoms with Crippen LogP contribution in [0.25, 0.3) is 0 Å². The zero-order chi connectivity index (χ0) is 13.3. The lowest BCUT2D eigenvalue weighted by Gasteiger charge is -2.34. The molecule has 1 aromatic carbocycles. The Balaban J connectivity index is 1.67. The molecule has 0 amide bonds. The Morgan fingerprint density at radius 2 is 2.26 bits per heavy atom. The van der Waals surface area contributed by atoms with E-state index in [0.717, 1.165) is 26.2 Å². The topological polar surface area (TPSA) is 15.3 Å². The summed E-state index contributed by atoms with van der Waals surface area (Å²) in [5, 5.41) is 3.73. The lowest BCUT2D eigenvalue weighted by Crippen LogP contribution is -2.41. The van der Waals surface area contributed by atoms with Gasteiger partial charge in [-0.2, -0.15) is 0 Å². The normalized spacial score (nSPS) is 28.1. The molecule has 3 rings (SSSR count). The number of hydrogen-bond acceptors (Lipinski definition) is 2. The van der Waals surface area contributed by atoms with Crippen molar-refractivity contribution in [3.8, 4) is 0 Å². The van der Waals surface area contributed by atoms with Gasteiger partial charge in [-0.3, -0.25) is 4.90 Å². The Labute approximate surface area is 118 Å². The summed E-state index contributed by atoms with van der Waals surface area (Å²) in [5.74, 6) is -0.258. The zero-order valence-electron chi connectivity index (χ0n) is 11.1. The van der Waals surface area contributed by atoms with E-state index in [1.807, 2.05) is 12.1 Å². The molecule has 0 aliphatic carbocycles. The van der Waals surface area contributed by atoms with Gasteiger partial charge < -0.3 is 5.32 Å². The Morgan fingerprint density at radius 3 is 3.05 bits per heavy atom. The molecule has 4 heteroatoms. The molecule has 104 valence electrons. The first kappa shape index (κ1) is 13.3. The molecular weight excluding hydrogens is 263 g/mol. The minimum atomic E-state index is -0.258. The maximum atomic E-state index is 13.9. The number of hydrogen-bond donors (Lipinski definition) is 1. The second-order valence-corrected chi connectivity index (χ2v) is 6.36. The molecule has 0 bridgehead atoms. The van der Waals surface area contributed by atoms with Gasteiger partial charge in [-0.25, -0.2) is 4.39 Å². The molecule has 0 saturated carbocycles. The molecule has 2 aliphatic rings. The van der Waals surface area contributed by atoms with E-state index in [0.29, 0.717) is 17.5 Å².